The van der Waals surface area contributed by atoms with Crippen molar-refractivity contribution in [2.24, 2.45) is 0 Å². The molecule has 1 N–H and O–H groups in total. The first-order chi connectivity index (χ1) is 9.72. The predicted molar refractivity (Wildman–Crippen MR) is 84.7 cm³/mol. The number of aryl methyl sites for hydroxylation is 1. The van der Waals surface area contributed by atoms with Crippen molar-refractivity contribution < 1.29 is 4.74 Å². The second-order valence-electron chi connectivity index (χ2n) is 4.79. The van der Waals surface area contributed by atoms with Crippen molar-refractivity contribution >= 4 is 11.6 Å². The normalized spacial score (nSPS) is 10.6. The molecule has 0 saturated heterocycles. The zero-order chi connectivity index (χ0) is 14.4. The van der Waals surface area contributed by atoms with Crippen LogP contribution in [0.1, 0.15) is 24.5 Å². The summed E-state index contributed by atoms with van der Waals surface area (Å²) in [5.41, 5.74) is 2.47. The lowest BCUT2D eigenvalue weighted by Gasteiger charge is -2.10. The van der Waals surface area contributed by atoms with Gasteiger partial charge in [0.15, 0.2) is 0 Å². The molecule has 2 aromatic rings. The molecule has 0 fully saturated rings. The summed E-state index contributed by atoms with van der Waals surface area (Å²) in [6.45, 7) is 2.97. The molecular weight excluding hydrogens is 270 g/mol. The first-order valence-corrected chi connectivity index (χ1v) is 7.30. The molecule has 2 nitrogen and oxygen atoms in total. The fourth-order valence-corrected chi connectivity index (χ4v) is 2.32. The van der Waals surface area contributed by atoms with Gasteiger partial charge in [-0.25, -0.2) is 0 Å². The molecule has 106 valence electrons. The summed E-state index contributed by atoms with van der Waals surface area (Å²) in [6, 6.07) is 14.0. The Morgan fingerprint density at radius 1 is 1.05 bits per heavy atom. The Kier molecular flexibility index (Phi) is 5.45. The highest BCUT2D eigenvalue weighted by molar-refractivity contribution is 6.32. The minimum atomic E-state index is 0.635. The van der Waals surface area contributed by atoms with Crippen molar-refractivity contribution in [3.63, 3.8) is 0 Å². The second-order valence-corrected chi connectivity index (χ2v) is 5.20. The molecule has 0 saturated carbocycles. The Morgan fingerprint density at radius 2 is 1.75 bits per heavy atom. The molecule has 2 aromatic carbocycles. The van der Waals surface area contributed by atoms with Gasteiger partial charge in [0, 0.05) is 6.54 Å². The van der Waals surface area contributed by atoms with Gasteiger partial charge in [-0.15, -0.1) is 0 Å². The number of nitrogens with one attached hydrogen (secondary N) is 1. The Bertz CT molecular complexity index is 551. The molecule has 0 aliphatic rings. The number of hydrogen-bond acceptors (Lipinski definition) is 2. The van der Waals surface area contributed by atoms with Gasteiger partial charge in [-0.3, -0.25) is 0 Å². The molecular formula is C17H20ClNO. The van der Waals surface area contributed by atoms with Crippen LogP contribution in [0.25, 0.3) is 0 Å². The highest BCUT2D eigenvalue weighted by Gasteiger charge is 2.04. The third-order valence-corrected chi connectivity index (χ3v) is 3.36. The number of halogens is 1. The number of ether oxygens (including phenoxy) is 1. The SMILES string of the molecule is CCCc1ccc(Oc2ccc(CNC)cc2Cl)cc1. The fraction of sp³-hybridized carbons (Fsp3) is 0.294. The molecule has 0 aliphatic carbocycles. The lowest BCUT2D eigenvalue weighted by molar-refractivity contribution is 0.482. The van der Waals surface area contributed by atoms with Gasteiger partial charge >= 0.3 is 0 Å². The first kappa shape index (κ1) is 14.9. The summed E-state index contributed by atoms with van der Waals surface area (Å²) in [5, 5.41) is 3.73. The van der Waals surface area contributed by atoms with E-state index in [4.69, 9.17) is 16.3 Å². The Labute approximate surface area is 125 Å². The molecule has 0 amide bonds. The Hall–Kier alpha value is -1.51. The number of rotatable bonds is 6. The molecule has 0 bridgehead atoms. The smallest absolute Gasteiger partial charge is 0.146 e. The van der Waals surface area contributed by atoms with Crippen LogP contribution in [0, 0.1) is 0 Å². The monoisotopic (exact) mass is 289 g/mol. The van der Waals surface area contributed by atoms with Gasteiger partial charge in [0.1, 0.15) is 11.5 Å². The van der Waals surface area contributed by atoms with E-state index in [1.807, 2.05) is 37.4 Å². The molecule has 0 atom stereocenters. The average molecular weight is 290 g/mol. The summed E-state index contributed by atoms with van der Waals surface area (Å²) in [5.74, 6) is 1.50. The molecule has 0 heterocycles. The highest BCUT2D eigenvalue weighted by atomic mass is 35.5. The zero-order valence-electron chi connectivity index (χ0n) is 11.9. The van der Waals surface area contributed by atoms with E-state index in [2.05, 4.69) is 24.4 Å². The van der Waals surface area contributed by atoms with E-state index in [-0.39, 0.29) is 0 Å². The van der Waals surface area contributed by atoms with Gasteiger partial charge in [-0.05, 0) is 48.9 Å². The van der Waals surface area contributed by atoms with Crippen molar-refractivity contribution in [3.8, 4) is 11.5 Å². The largest absolute Gasteiger partial charge is 0.456 e. The molecule has 3 heteroatoms. The van der Waals surface area contributed by atoms with Gasteiger partial charge in [0.2, 0.25) is 0 Å². The maximum atomic E-state index is 6.24. The maximum absolute atomic E-state index is 6.24. The van der Waals surface area contributed by atoms with Gasteiger partial charge in [0.25, 0.3) is 0 Å². The molecule has 0 aliphatic heterocycles. The zero-order valence-corrected chi connectivity index (χ0v) is 12.7. The van der Waals surface area contributed by atoms with Crippen molar-refractivity contribution in [2.45, 2.75) is 26.3 Å². The van der Waals surface area contributed by atoms with Crippen LogP contribution in [0.15, 0.2) is 42.5 Å². The van der Waals surface area contributed by atoms with Gasteiger partial charge in [-0.1, -0.05) is 43.1 Å². The van der Waals surface area contributed by atoms with E-state index in [1.165, 1.54) is 5.56 Å². The lowest BCUT2D eigenvalue weighted by atomic mass is 10.1. The van der Waals surface area contributed by atoms with Crippen molar-refractivity contribution in [1.82, 2.24) is 5.32 Å². The van der Waals surface area contributed by atoms with Crippen LogP contribution in [0.2, 0.25) is 5.02 Å². The number of hydrogen-bond donors (Lipinski definition) is 1. The summed E-state index contributed by atoms with van der Waals surface area (Å²) >= 11 is 6.24. The van der Waals surface area contributed by atoms with Gasteiger partial charge in [-0.2, -0.15) is 0 Å². The molecule has 0 spiro atoms. The van der Waals surface area contributed by atoms with Crippen molar-refractivity contribution in [2.75, 3.05) is 7.05 Å². The van der Waals surface area contributed by atoms with Crippen LogP contribution < -0.4 is 10.1 Å². The highest BCUT2D eigenvalue weighted by Crippen LogP contribution is 2.30. The van der Waals surface area contributed by atoms with Gasteiger partial charge < -0.3 is 10.1 Å². The quantitative estimate of drug-likeness (QED) is 0.824. The van der Waals surface area contributed by atoms with Crippen molar-refractivity contribution in [1.29, 1.82) is 0 Å². The van der Waals surface area contributed by atoms with Crippen LogP contribution in [0.3, 0.4) is 0 Å². The first-order valence-electron chi connectivity index (χ1n) is 6.92. The molecule has 2 rings (SSSR count). The molecule has 20 heavy (non-hydrogen) atoms. The van der Waals surface area contributed by atoms with Crippen LogP contribution >= 0.6 is 11.6 Å². The fourth-order valence-electron chi connectivity index (χ4n) is 2.08. The average Bonchev–Trinajstić information content (AvgIpc) is 2.44. The van der Waals surface area contributed by atoms with Crippen LogP contribution in [-0.4, -0.2) is 7.05 Å². The van der Waals surface area contributed by atoms with E-state index in [0.29, 0.717) is 10.8 Å². The minimum absolute atomic E-state index is 0.635. The predicted octanol–water partition coefficient (Wildman–Crippen LogP) is 4.80. The van der Waals surface area contributed by atoms with Gasteiger partial charge in [0.05, 0.1) is 5.02 Å². The molecule has 0 radical (unpaired) electrons. The van der Waals surface area contributed by atoms with E-state index >= 15 is 0 Å². The van der Waals surface area contributed by atoms with E-state index < -0.39 is 0 Å². The third-order valence-electron chi connectivity index (χ3n) is 3.07. The number of benzene rings is 2. The maximum Gasteiger partial charge on any atom is 0.146 e. The third kappa shape index (κ3) is 3.99. The second kappa shape index (κ2) is 7.32. The Morgan fingerprint density at radius 3 is 2.35 bits per heavy atom. The Balaban J connectivity index is 2.09. The van der Waals surface area contributed by atoms with Crippen molar-refractivity contribution in [3.05, 3.63) is 58.6 Å². The van der Waals surface area contributed by atoms with Crippen LogP contribution in [-0.2, 0) is 13.0 Å². The topological polar surface area (TPSA) is 21.3 Å². The van der Waals surface area contributed by atoms with Crippen LogP contribution in [0.5, 0.6) is 11.5 Å². The summed E-state index contributed by atoms with van der Waals surface area (Å²) in [6.07, 6.45) is 2.25. The molecule has 0 unspecified atom stereocenters. The van der Waals surface area contributed by atoms with E-state index in [9.17, 15) is 0 Å². The van der Waals surface area contributed by atoms with E-state index in [0.717, 1.165) is 30.7 Å². The lowest BCUT2D eigenvalue weighted by Crippen LogP contribution is -2.04. The summed E-state index contributed by atoms with van der Waals surface area (Å²) in [4.78, 5) is 0. The standard InChI is InChI=1S/C17H20ClNO/c1-3-4-13-5-8-15(9-6-13)20-17-10-7-14(12-19-2)11-16(17)18/h5-11,19H,3-4,12H2,1-2H3. The molecule has 0 aromatic heterocycles. The van der Waals surface area contributed by atoms with Crippen LogP contribution in [0.4, 0.5) is 0 Å². The minimum Gasteiger partial charge on any atom is -0.456 e. The summed E-state index contributed by atoms with van der Waals surface area (Å²) < 4.78 is 5.82. The summed E-state index contributed by atoms with van der Waals surface area (Å²) in [7, 11) is 1.91. The van der Waals surface area contributed by atoms with E-state index in [1.54, 1.807) is 0 Å².